The lowest BCUT2D eigenvalue weighted by Gasteiger charge is -2.18. The molecule has 3 rings (SSSR count). The van der Waals surface area contributed by atoms with E-state index in [2.05, 4.69) is 4.98 Å². The maximum Gasteiger partial charge on any atom is 0.332 e. The molecule has 8 heteroatoms. The maximum absolute atomic E-state index is 12.9. The van der Waals surface area contributed by atoms with Crippen molar-refractivity contribution in [1.29, 1.82) is 0 Å². The van der Waals surface area contributed by atoms with Gasteiger partial charge in [0.05, 0.1) is 5.39 Å². The van der Waals surface area contributed by atoms with Crippen LogP contribution in [-0.4, -0.2) is 14.1 Å². The van der Waals surface area contributed by atoms with Gasteiger partial charge in [-0.05, 0) is 11.1 Å². The van der Waals surface area contributed by atoms with E-state index in [-0.39, 0.29) is 24.6 Å². The highest BCUT2D eigenvalue weighted by molar-refractivity contribution is 5.97. The minimum atomic E-state index is -0.469. The van der Waals surface area contributed by atoms with Crippen LogP contribution in [0, 0.1) is 0 Å². The summed E-state index contributed by atoms with van der Waals surface area (Å²) in [5.74, 6) is 0.195. The van der Waals surface area contributed by atoms with Crippen LogP contribution >= 0.6 is 0 Å². The highest BCUT2D eigenvalue weighted by atomic mass is 16.2. The van der Waals surface area contributed by atoms with E-state index in [0.717, 1.165) is 15.7 Å². The number of hydrogen-bond acceptors (Lipinski definition) is 6. The molecule has 0 radical (unpaired) electrons. The van der Waals surface area contributed by atoms with Gasteiger partial charge in [-0.3, -0.25) is 13.9 Å². The molecule has 0 saturated heterocycles. The normalized spacial score (nSPS) is 11.2. The monoisotopic (exact) mass is 340 g/mol. The van der Waals surface area contributed by atoms with Crippen molar-refractivity contribution in [3.8, 4) is 11.1 Å². The van der Waals surface area contributed by atoms with E-state index in [4.69, 9.17) is 17.2 Å². The number of hydrogen-bond donors (Lipinski definition) is 3. The van der Waals surface area contributed by atoms with Crippen LogP contribution in [0.2, 0.25) is 0 Å². The van der Waals surface area contributed by atoms with E-state index < -0.39 is 11.2 Å². The summed E-state index contributed by atoms with van der Waals surface area (Å²) in [5.41, 5.74) is 19.9. The molecule has 6 N–H and O–H groups in total. The number of rotatable bonds is 3. The molecule has 0 fully saturated rings. The lowest BCUT2D eigenvalue weighted by molar-refractivity contribution is 0.707. The Morgan fingerprint density at radius 3 is 2.36 bits per heavy atom. The van der Waals surface area contributed by atoms with Crippen LogP contribution in [0.4, 0.5) is 5.82 Å². The Morgan fingerprint density at radius 1 is 1.04 bits per heavy atom. The molecule has 0 aliphatic heterocycles. The first-order chi connectivity index (χ1) is 11.9. The number of fused-ring (bicyclic) bond motifs is 1. The van der Waals surface area contributed by atoms with Gasteiger partial charge in [0.2, 0.25) is 0 Å². The molecule has 8 nitrogen and oxygen atoms in total. The average molecular weight is 340 g/mol. The van der Waals surface area contributed by atoms with Crippen molar-refractivity contribution in [1.82, 2.24) is 14.1 Å². The second-order valence-corrected chi connectivity index (χ2v) is 5.82. The molecule has 0 saturated carbocycles. The fourth-order valence-corrected chi connectivity index (χ4v) is 3.09. The third kappa shape index (κ3) is 2.43. The summed E-state index contributed by atoms with van der Waals surface area (Å²) in [6.07, 6.45) is 0. The van der Waals surface area contributed by atoms with Crippen molar-refractivity contribution in [3.63, 3.8) is 0 Å². The number of anilines is 1. The molecule has 0 atom stereocenters. The molecular formula is C17H20N6O2. The van der Waals surface area contributed by atoms with E-state index >= 15 is 0 Å². The van der Waals surface area contributed by atoms with Crippen molar-refractivity contribution in [2.45, 2.75) is 13.1 Å². The molecule has 0 spiro atoms. The molecule has 0 unspecified atom stereocenters. The zero-order valence-corrected chi connectivity index (χ0v) is 14.1. The number of nitrogen functional groups attached to an aromatic ring is 1. The molecule has 130 valence electrons. The van der Waals surface area contributed by atoms with Crippen molar-refractivity contribution in [2.24, 2.45) is 25.6 Å². The first-order valence-corrected chi connectivity index (χ1v) is 7.78. The molecule has 0 aliphatic rings. The highest BCUT2D eigenvalue weighted by Gasteiger charge is 2.21. The second-order valence-electron chi connectivity index (χ2n) is 5.82. The van der Waals surface area contributed by atoms with Gasteiger partial charge in [0.1, 0.15) is 5.82 Å². The topological polar surface area (TPSA) is 135 Å². The molecule has 1 aromatic carbocycles. The maximum atomic E-state index is 12.9. The molecule has 25 heavy (non-hydrogen) atoms. The van der Waals surface area contributed by atoms with Crippen LogP contribution in [0.1, 0.15) is 11.1 Å². The molecule has 0 bridgehead atoms. The van der Waals surface area contributed by atoms with Crippen LogP contribution in [0.15, 0.2) is 33.9 Å². The highest BCUT2D eigenvalue weighted by Crippen LogP contribution is 2.33. The lowest BCUT2D eigenvalue weighted by Crippen LogP contribution is -2.38. The molecular weight excluding hydrogens is 320 g/mol. The van der Waals surface area contributed by atoms with Gasteiger partial charge in [0.15, 0.2) is 5.65 Å². The van der Waals surface area contributed by atoms with E-state index in [1.54, 1.807) is 7.05 Å². The van der Waals surface area contributed by atoms with E-state index in [0.29, 0.717) is 16.5 Å². The summed E-state index contributed by atoms with van der Waals surface area (Å²) in [6.45, 7) is 0.394. The Bertz CT molecular complexity index is 1100. The minimum absolute atomic E-state index is 0.106. The largest absolute Gasteiger partial charge is 0.383 e. The first kappa shape index (κ1) is 16.9. The zero-order valence-electron chi connectivity index (χ0n) is 14.1. The predicted octanol–water partition coefficient (Wildman–Crippen LogP) is -0.201. The summed E-state index contributed by atoms with van der Waals surface area (Å²) in [5, 5.41) is 0.306. The molecule has 2 heterocycles. The summed E-state index contributed by atoms with van der Waals surface area (Å²) in [7, 11) is 2.98. The summed E-state index contributed by atoms with van der Waals surface area (Å²) < 4.78 is 2.36. The van der Waals surface area contributed by atoms with E-state index in [1.165, 1.54) is 11.6 Å². The SMILES string of the molecule is Cn1c(=O)c2c(-c3ccccc3CN)c(CN)c(N)nc2n(C)c1=O. The average Bonchev–Trinajstić information content (AvgIpc) is 2.63. The number of aromatic nitrogens is 3. The molecule has 0 amide bonds. The van der Waals surface area contributed by atoms with Gasteiger partial charge in [0, 0.05) is 38.3 Å². The van der Waals surface area contributed by atoms with Crippen LogP contribution in [0.5, 0.6) is 0 Å². The first-order valence-electron chi connectivity index (χ1n) is 7.78. The smallest absolute Gasteiger partial charge is 0.332 e. The quantitative estimate of drug-likeness (QED) is 0.604. The van der Waals surface area contributed by atoms with Crippen molar-refractivity contribution < 1.29 is 0 Å². The standard InChI is InChI=1S/C17H20N6O2/c1-22-15-13(16(24)23(2)17(22)25)12(11(8-19)14(20)21-15)10-6-4-3-5-9(10)7-18/h3-6H,7-8,18-19H2,1-2H3,(H2,20,21). The zero-order chi connectivity index (χ0) is 18.3. The number of benzene rings is 1. The number of nitrogens with two attached hydrogens (primary N) is 3. The number of aryl methyl sites for hydroxylation is 1. The Morgan fingerprint density at radius 2 is 1.72 bits per heavy atom. The number of pyridine rings is 1. The second kappa shape index (κ2) is 6.15. The Labute approximate surface area is 143 Å². The molecule has 0 aliphatic carbocycles. The Hall–Kier alpha value is -2.97. The Kier molecular flexibility index (Phi) is 4.15. The van der Waals surface area contributed by atoms with Gasteiger partial charge in [-0.1, -0.05) is 24.3 Å². The van der Waals surface area contributed by atoms with E-state index in [1.807, 2.05) is 24.3 Å². The predicted molar refractivity (Wildman–Crippen MR) is 97.9 cm³/mol. The fourth-order valence-electron chi connectivity index (χ4n) is 3.09. The third-order valence-corrected chi connectivity index (χ3v) is 4.43. The minimum Gasteiger partial charge on any atom is -0.383 e. The van der Waals surface area contributed by atoms with E-state index in [9.17, 15) is 9.59 Å². The van der Waals surface area contributed by atoms with Gasteiger partial charge < -0.3 is 17.2 Å². The summed E-state index contributed by atoms with van der Waals surface area (Å²) in [6, 6.07) is 7.46. The van der Waals surface area contributed by atoms with Gasteiger partial charge in [0.25, 0.3) is 5.56 Å². The van der Waals surface area contributed by atoms with Gasteiger partial charge in [-0.25, -0.2) is 9.78 Å². The van der Waals surface area contributed by atoms with Crippen LogP contribution in [0.25, 0.3) is 22.2 Å². The Balaban J connectivity index is 2.66. The van der Waals surface area contributed by atoms with Crippen LogP contribution < -0.4 is 28.5 Å². The number of nitrogens with zero attached hydrogens (tertiary/aromatic N) is 3. The van der Waals surface area contributed by atoms with Crippen molar-refractivity contribution in [3.05, 3.63) is 56.2 Å². The van der Waals surface area contributed by atoms with Crippen LogP contribution in [0.3, 0.4) is 0 Å². The molecule has 2 aromatic heterocycles. The van der Waals surface area contributed by atoms with Gasteiger partial charge >= 0.3 is 5.69 Å². The van der Waals surface area contributed by atoms with Crippen LogP contribution in [-0.2, 0) is 27.2 Å². The fraction of sp³-hybridized carbons (Fsp3) is 0.235. The molecule has 3 aromatic rings. The van der Waals surface area contributed by atoms with Crippen molar-refractivity contribution >= 4 is 16.9 Å². The summed E-state index contributed by atoms with van der Waals surface area (Å²) >= 11 is 0. The lowest BCUT2D eigenvalue weighted by atomic mass is 9.93. The van der Waals surface area contributed by atoms with Gasteiger partial charge in [-0.2, -0.15) is 0 Å². The summed E-state index contributed by atoms with van der Waals surface area (Å²) in [4.78, 5) is 29.4. The van der Waals surface area contributed by atoms with Gasteiger partial charge in [-0.15, -0.1) is 0 Å². The van der Waals surface area contributed by atoms with Crippen molar-refractivity contribution in [2.75, 3.05) is 5.73 Å². The third-order valence-electron chi connectivity index (χ3n) is 4.43.